The van der Waals surface area contributed by atoms with Crippen molar-refractivity contribution in [3.8, 4) is 28.7 Å². The molecular weight excluding hydrogens is 466 g/mol. The summed E-state index contributed by atoms with van der Waals surface area (Å²) < 4.78 is 18.7. The number of aromatic hydroxyl groups is 2. The minimum atomic E-state index is -0.388. The fourth-order valence-corrected chi connectivity index (χ4v) is 5.66. The molecule has 0 spiro atoms. The summed E-state index contributed by atoms with van der Waals surface area (Å²) in [7, 11) is 0. The second-order valence-corrected chi connectivity index (χ2v) is 10.0. The molecule has 1 atom stereocenters. The van der Waals surface area contributed by atoms with Gasteiger partial charge in [-0.3, -0.25) is 4.90 Å². The van der Waals surface area contributed by atoms with Crippen molar-refractivity contribution in [2.45, 2.75) is 38.2 Å². The van der Waals surface area contributed by atoms with Crippen LogP contribution in [0.3, 0.4) is 0 Å². The molecule has 1 fully saturated rings. The van der Waals surface area contributed by atoms with Gasteiger partial charge in [-0.25, -0.2) is 0 Å². The number of benzene rings is 3. The minimum absolute atomic E-state index is 0.170. The number of likely N-dealkylation sites (tertiary alicyclic amines) is 1. The van der Waals surface area contributed by atoms with Gasteiger partial charge in [-0.2, -0.15) is 0 Å². The van der Waals surface area contributed by atoms with Gasteiger partial charge in [-0.15, -0.1) is 0 Å². The third kappa shape index (κ3) is 4.98. The van der Waals surface area contributed by atoms with E-state index in [0.717, 1.165) is 40.1 Å². The first-order chi connectivity index (χ1) is 18.2. The van der Waals surface area contributed by atoms with Crippen LogP contribution in [0.25, 0.3) is 11.1 Å². The summed E-state index contributed by atoms with van der Waals surface area (Å²) in [5, 5.41) is 20.2. The highest BCUT2D eigenvalue weighted by molar-refractivity contribution is 5.98. The van der Waals surface area contributed by atoms with Crippen LogP contribution in [0.1, 0.15) is 54.9 Å². The van der Waals surface area contributed by atoms with Gasteiger partial charge in [0.05, 0.1) is 6.61 Å². The first-order valence-corrected chi connectivity index (χ1v) is 13.3. The lowest BCUT2D eigenvalue weighted by atomic mass is 9.84. The maximum Gasteiger partial charge on any atom is 0.150 e. The van der Waals surface area contributed by atoms with Crippen LogP contribution in [0, 0.1) is 0 Å². The molecule has 1 saturated heterocycles. The highest BCUT2D eigenvalue weighted by atomic mass is 16.5. The van der Waals surface area contributed by atoms with Crippen LogP contribution in [0.5, 0.6) is 28.7 Å². The molecule has 3 aliphatic heterocycles. The van der Waals surface area contributed by atoms with Crippen molar-refractivity contribution in [2.24, 2.45) is 0 Å². The first-order valence-electron chi connectivity index (χ1n) is 13.3. The molecule has 3 aromatic carbocycles. The van der Waals surface area contributed by atoms with E-state index in [2.05, 4.69) is 17.0 Å². The number of phenols is 2. The highest BCUT2D eigenvalue weighted by Gasteiger charge is 2.34. The van der Waals surface area contributed by atoms with E-state index in [0.29, 0.717) is 31.1 Å². The predicted octanol–water partition coefficient (Wildman–Crippen LogP) is 6.18. The lowest BCUT2D eigenvalue weighted by molar-refractivity contribution is 0.214. The smallest absolute Gasteiger partial charge is 0.150 e. The Morgan fingerprint density at radius 1 is 0.811 bits per heavy atom. The predicted molar refractivity (Wildman–Crippen MR) is 143 cm³/mol. The van der Waals surface area contributed by atoms with Crippen molar-refractivity contribution in [2.75, 3.05) is 32.8 Å². The Morgan fingerprint density at radius 3 is 2.27 bits per heavy atom. The number of rotatable bonds is 5. The van der Waals surface area contributed by atoms with E-state index in [9.17, 15) is 10.2 Å². The Hall–Kier alpha value is -3.64. The summed E-state index contributed by atoms with van der Waals surface area (Å²) in [4.78, 5) is 2.50. The van der Waals surface area contributed by atoms with Gasteiger partial charge >= 0.3 is 0 Å². The number of nitrogens with zero attached hydrogens (tertiary/aromatic N) is 1. The Labute approximate surface area is 217 Å². The van der Waals surface area contributed by atoms with Gasteiger partial charge in [0.2, 0.25) is 0 Å². The molecule has 0 saturated carbocycles. The van der Waals surface area contributed by atoms with Crippen molar-refractivity contribution in [3.05, 3.63) is 77.4 Å². The number of hydrogen-bond acceptors (Lipinski definition) is 6. The number of fused-ring (bicyclic) bond motifs is 4. The van der Waals surface area contributed by atoms with Crippen LogP contribution < -0.4 is 14.2 Å². The molecule has 0 aromatic heterocycles. The van der Waals surface area contributed by atoms with E-state index in [1.54, 1.807) is 24.3 Å². The van der Waals surface area contributed by atoms with Crippen molar-refractivity contribution in [1.29, 1.82) is 0 Å². The topological polar surface area (TPSA) is 71.4 Å². The standard InChI is InChI=1S/C31H33NO5/c33-22-8-12-27-28(19-22)36-17-13-26-25-11-7-23(34)20-29(25)37-31(30(26)27)21-5-9-24(10-6-21)35-18-16-32-14-3-1-2-4-15-32/h5-12,19-20,31,33-34H,1-4,13-18H2. The lowest BCUT2D eigenvalue weighted by Crippen LogP contribution is -2.29. The minimum Gasteiger partial charge on any atom is -0.508 e. The van der Waals surface area contributed by atoms with E-state index in [4.69, 9.17) is 14.2 Å². The van der Waals surface area contributed by atoms with Crippen LogP contribution in [0.4, 0.5) is 0 Å². The fourth-order valence-electron chi connectivity index (χ4n) is 5.66. The zero-order valence-corrected chi connectivity index (χ0v) is 21.0. The van der Waals surface area contributed by atoms with Crippen molar-refractivity contribution >= 4 is 11.1 Å². The molecule has 37 heavy (non-hydrogen) atoms. The lowest BCUT2D eigenvalue weighted by Gasteiger charge is -2.31. The molecule has 0 amide bonds. The van der Waals surface area contributed by atoms with Gasteiger partial charge in [0.25, 0.3) is 0 Å². The molecule has 3 heterocycles. The number of ether oxygens (including phenoxy) is 3. The SMILES string of the molecule is Oc1ccc2c(c1)OC(c1ccc(OCCN3CCCCCC3)cc1)C1=C2CCOc2cc(O)ccc21. The van der Waals surface area contributed by atoms with E-state index < -0.39 is 0 Å². The molecule has 0 bridgehead atoms. The van der Waals surface area contributed by atoms with Gasteiger partial charge in [0, 0.05) is 41.8 Å². The van der Waals surface area contributed by atoms with E-state index >= 15 is 0 Å². The molecule has 0 radical (unpaired) electrons. The van der Waals surface area contributed by atoms with Crippen molar-refractivity contribution in [3.63, 3.8) is 0 Å². The van der Waals surface area contributed by atoms with E-state index in [-0.39, 0.29) is 17.6 Å². The Kier molecular flexibility index (Phi) is 6.66. The van der Waals surface area contributed by atoms with Crippen LogP contribution in [-0.2, 0) is 0 Å². The molecule has 0 aliphatic carbocycles. The van der Waals surface area contributed by atoms with Gasteiger partial charge in [-0.05, 0) is 73.5 Å². The Balaban J connectivity index is 1.28. The molecule has 1 unspecified atom stereocenters. The molecule has 3 aromatic rings. The van der Waals surface area contributed by atoms with Crippen LogP contribution in [0.15, 0.2) is 60.7 Å². The van der Waals surface area contributed by atoms with Crippen LogP contribution in [0.2, 0.25) is 0 Å². The fraction of sp³-hybridized carbons (Fsp3) is 0.355. The zero-order chi connectivity index (χ0) is 25.2. The largest absolute Gasteiger partial charge is 0.508 e. The summed E-state index contributed by atoms with van der Waals surface area (Å²) in [6.07, 6.45) is 5.54. The summed E-state index contributed by atoms with van der Waals surface area (Å²) in [6, 6.07) is 18.6. The molecule has 3 aliphatic rings. The number of phenolic OH excluding ortho intramolecular Hbond substituents is 2. The van der Waals surface area contributed by atoms with Gasteiger partial charge in [0.1, 0.15) is 41.5 Å². The van der Waals surface area contributed by atoms with E-state index in [1.807, 2.05) is 24.3 Å². The quantitative estimate of drug-likeness (QED) is 0.437. The monoisotopic (exact) mass is 499 g/mol. The average molecular weight is 500 g/mol. The maximum absolute atomic E-state index is 10.1. The average Bonchev–Trinajstić information content (AvgIpc) is 3.27. The van der Waals surface area contributed by atoms with E-state index in [1.165, 1.54) is 38.8 Å². The van der Waals surface area contributed by atoms with Crippen LogP contribution >= 0.6 is 0 Å². The molecule has 2 N–H and O–H groups in total. The summed E-state index contributed by atoms with van der Waals surface area (Å²) >= 11 is 0. The van der Waals surface area contributed by atoms with Gasteiger partial charge in [0.15, 0.2) is 0 Å². The first kappa shape index (κ1) is 23.7. The molecule has 6 rings (SSSR count). The molecule has 192 valence electrons. The molecule has 6 nitrogen and oxygen atoms in total. The maximum atomic E-state index is 10.1. The van der Waals surface area contributed by atoms with Crippen LogP contribution in [-0.4, -0.2) is 48.0 Å². The third-order valence-corrected chi connectivity index (χ3v) is 7.55. The van der Waals surface area contributed by atoms with Crippen molar-refractivity contribution < 1.29 is 24.4 Å². The van der Waals surface area contributed by atoms with Crippen molar-refractivity contribution in [1.82, 2.24) is 4.90 Å². The highest BCUT2D eigenvalue weighted by Crippen LogP contribution is 2.51. The Morgan fingerprint density at radius 2 is 1.51 bits per heavy atom. The second kappa shape index (κ2) is 10.4. The van der Waals surface area contributed by atoms with Gasteiger partial charge in [-0.1, -0.05) is 25.0 Å². The number of hydrogen-bond donors (Lipinski definition) is 2. The second-order valence-electron chi connectivity index (χ2n) is 10.0. The normalized spacial score (nSPS) is 19.4. The summed E-state index contributed by atoms with van der Waals surface area (Å²) in [6.45, 7) is 4.45. The zero-order valence-electron chi connectivity index (χ0n) is 21.0. The molecule has 6 heteroatoms. The summed E-state index contributed by atoms with van der Waals surface area (Å²) in [5.41, 5.74) is 5.02. The summed E-state index contributed by atoms with van der Waals surface area (Å²) in [5.74, 6) is 2.49. The third-order valence-electron chi connectivity index (χ3n) is 7.55. The van der Waals surface area contributed by atoms with Gasteiger partial charge < -0.3 is 24.4 Å². The molecular formula is C31H33NO5. The Bertz CT molecular complexity index is 1290.